The van der Waals surface area contributed by atoms with Crippen LogP contribution in [-0.2, 0) is 9.59 Å². The summed E-state index contributed by atoms with van der Waals surface area (Å²) in [6, 6.07) is 0. The number of carbonyl (C=O) groups is 2. The van der Waals surface area contributed by atoms with Crippen LogP contribution in [0.3, 0.4) is 0 Å². The van der Waals surface area contributed by atoms with Crippen molar-refractivity contribution in [3.05, 3.63) is 0 Å². The summed E-state index contributed by atoms with van der Waals surface area (Å²) in [5.74, 6) is -1.74. The monoisotopic (exact) mass is 286 g/mol. The fourth-order valence-electron chi connectivity index (χ4n) is 2.97. The van der Waals surface area contributed by atoms with Gasteiger partial charge in [-0.15, -0.1) is 0 Å². The maximum Gasteiger partial charge on any atom is 0.307 e. The summed E-state index contributed by atoms with van der Waals surface area (Å²) in [7, 11) is 0. The van der Waals surface area contributed by atoms with E-state index in [0.717, 1.165) is 19.3 Å². The maximum atomic E-state index is 11.5. The second kappa shape index (κ2) is 8.28. The van der Waals surface area contributed by atoms with Crippen molar-refractivity contribution in [2.45, 2.75) is 66.7 Å². The van der Waals surface area contributed by atoms with Crippen molar-refractivity contribution in [1.29, 1.82) is 0 Å². The summed E-state index contributed by atoms with van der Waals surface area (Å²) in [5.41, 5.74) is -0.224. The maximum absolute atomic E-state index is 11.5. The van der Waals surface area contributed by atoms with Gasteiger partial charge in [0.2, 0.25) is 0 Å². The van der Waals surface area contributed by atoms with E-state index in [1.54, 1.807) is 6.92 Å². The van der Waals surface area contributed by atoms with Crippen molar-refractivity contribution >= 4 is 11.9 Å². The number of hydrogen-bond donors (Lipinski definition) is 2. The molecule has 4 nitrogen and oxygen atoms in total. The van der Waals surface area contributed by atoms with Crippen molar-refractivity contribution in [2.75, 3.05) is 0 Å². The Hall–Kier alpha value is -1.06. The zero-order valence-electron chi connectivity index (χ0n) is 13.5. The van der Waals surface area contributed by atoms with E-state index in [9.17, 15) is 14.7 Å². The van der Waals surface area contributed by atoms with E-state index >= 15 is 0 Å². The third kappa shape index (κ3) is 6.92. The molecule has 0 saturated heterocycles. The first-order valence-electron chi connectivity index (χ1n) is 7.53. The standard InChI is InChI=1S/C16H30O4/c1-11(2)10-16(4,5)13(15(19)20)9-7-6-8-12(3)14(17)18/h11-13H,6-10H2,1-5H3,(H,17,18)(H,19,20). The van der Waals surface area contributed by atoms with Gasteiger partial charge in [-0.2, -0.15) is 0 Å². The molecule has 0 amide bonds. The van der Waals surface area contributed by atoms with Crippen LogP contribution in [0.4, 0.5) is 0 Å². The molecule has 0 aromatic carbocycles. The number of carboxylic acids is 2. The Kier molecular flexibility index (Phi) is 7.84. The average Bonchev–Trinajstić information content (AvgIpc) is 2.25. The van der Waals surface area contributed by atoms with E-state index in [1.165, 1.54) is 0 Å². The molecule has 0 aliphatic heterocycles. The first-order chi connectivity index (χ1) is 9.08. The van der Waals surface area contributed by atoms with E-state index in [4.69, 9.17) is 5.11 Å². The lowest BCUT2D eigenvalue weighted by atomic mass is 9.71. The van der Waals surface area contributed by atoms with Crippen LogP contribution < -0.4 is 0 Å². The lowest BCUT2D eigenvalue weighted by molar-refractivity contribution is -0.147. The summed E-state index contributed by atoms with van der Waals surface area (Å²) in [4.78, 5) is 22.2. The Bertz CT molecular complexity index is 320. The normalized spacial score (nSPS) is 15.1. The highest BCUT2D eigenvalue weighted by molar-refractivity contribution is 5.71. The van der Waals surface area contributed by atoms with Crippen molar-refractivity contribution in [2.24, 2.45) is 23.2 Å². The van der Waals surface area contributed by atoms with Gasteiger partial charge in [0, 0.05) is 0 Å². The summed E-state index contributed by atoms with van der Waals surface area (Å²) in [5, 5.41) is 18.2. The van der Waals surface area contributed by atoms with E-state index in [0.29, 0.717) is 18.8 Å². The third-order valence-electron chi connectivity index (χ3n) is 3.98. The summed E-state index contributed by atoms with van der Waals surface area (Å²) >= 11 is 0. The van der Waals surface area contributed by atoms with Gasteiger partial charge in [-0.1, -0.05) is 47.5 Å². The van der Waals surface area contributed by atoms with Crippen molar-refractivity contribution in [3.63, 3.8) is 0 Å². The average molecular weight is 286 g/mol. The Morgan fingerprint density at radius 2 is 1.45 bits per heavy atom. The third-order valence-corrected chi connectivity index (χ3v) is 3.98. The highest BCUT2D eigenvalue weighted by atomic mass is 16.4. The molecule has 0 fully saturated rings. The molecule has 0 radical (unpaired) electrons. The van der Waals surface area contributed by atoms with Crippen LogP contribution in [0.15, 0.2) is 0 Å². The van der Waals surface area contributed by atoms with Gasteiger partial charge in [0.25, 0.3) is 0 Å². The number of hydrogen-bond acceptors (Lipinski definition) is 2. The zero-order valence-corrected chi connectivity index (χ0v) is 13.5. The molecule has 0 aromatic heterocycles. The van der Waals surface area contributed by atoms with Gasteiger partial charge in [0.1, 0.15) is 0 Å². The van der Waals surface area contributed by atoms with Crippen LogP contribution >= 0.6 is 0 Å². The second-order valence-electron chi connectivity index (χ2n) is 7.00. The lowest BCUT2D eigenvalue weighted by Crippen LogP contribution is -2.32. The second-order valence-corrected chi connectivity index (χ2v) is 7.00. The molecule has 0 rings (SSSR count). The highest BCUT2D eigenvalue weighted by Crippen LogP contribution is 2.37. The molecule has 0 heterocycles. The molecule has 0 bridgehead atoms. The van der Waals surface area contributed by atoms with Gasteiger partial charge >= 0.3 is 11.9 Å². The minimum absolute atomic E-state index is 0.224. The molecule has 0 aliphatic carbocycles. The van der Waals surface area contributed by atoms with Crippen molar-refractivity contribution in [1.82, 2.24) is 0 Å². The number of carboxylic acid groups (broad SMARTS) is 2. The summed E-state index contributed by atoms with van der Waals surface area (Å²) in [6.07, 6.45) is 3.67. The van der Waals surface area contributed by atoms with Gasteiger partial charge in [0.05, 0.1) is 11.8 Å². The highest BCUT2D eigenvalue weighted by Gasteiger charge is 2.35. The van der Waals surface area contributed by atoms with Gasteiger partial charge in [-0.3, -0.25) is 9.59 Å². The van der Waals surface area contributed by atoms with Crippen LogP contribution in [0.1, 0.15) is 66.7 Å². The van der Waals surface area contributed by atoms with E-state index in [2.05, 4.69) is 13.8 Å². The summed E-state index contributed by atoms with van der Waals surface area (Å²) in [6.45, 7) is 9.95. The molecular weight excluding hydrogens is 256 g/mol. The Morgan fingerprint density at radius 3 is 1.85 bits per heavy atom. The van der Waals surface area contributed by atoms with Gasteiger partial charge in [-0.25, -0.2) is 0 Å². The van der Waals surface area contributed by atoms with Crippen LogP contribution in [0.25, 0.3) is 0 Å². The summed E-state index contributed by atoms with van der Waals surface area (Å²) < 4.78 is 0. The molecule has 118 valence electrons. The predicted molar refractivity (Wildman–Crippen MR) is 79.6 cm³/mol. The Balaban J connectivity index is 4.36. The van der Waals surface area contributed by atoms with Crippen LogP contribution in [0.5, 0.6) is 0 Å². The Labute approximate surface area is 122 Å². The fourth-order valence-corrected chi connectivity index (χ4v) is 2.97. The molecule has 0 saturated carbocycles. The first kappa shape index (κ1) is 18.9. The molecule has 2 atom stereocenters. The van der Waals surface area contributed by atoms with Crippen LogP contribution in [-0.4, -0.2) is 22.2 Å². The number of aliphatic carboxylic acids is 2. The van der Waals surface area contributed by atoms with Crippen molar-refractivity contribution in [3.8, 4) is 0 Å². The predicted octanol–water partition coefficient (Wildman–Crippen LogP) is 4.04. The molecule has 0 aliphatic rings. The Morgan fingerprint density at radius 1 is 0.950 bits per heavy atom. The van der Waals surface area contributed by atoms with E-state index in [1.807, 2.05) is 13.8 Å². The van der Waals surface area contributed by atoms with Gasteiger partial charge in [-0.05, 0) is 30.6 Å². The molecule has 0 spiro atoms. The smallest absolute Gasteiger partial charge is 0.307 e. The lowest BCUT2D eigenvalue weighted by Gasteiger charge is -2.33. The molecule has 2 unspecified atom stereocenters. The molecule has 20 heavy (non-hydrogen) atoms. The van der Waals surface area contributed by atoms with Gasteiger partial charge in [0.15, 0.2) is 0 Å². The minimum Gasteiger partial charge on any atom is -0.481 e. The zero-order chi connectivity index (χ0) is 15.9. The molecule has 4 heteroatoms. The quantitative estimate of drug-likeness (QED) is 0.594. The largest absolute Gasteiger partial charge is 0.481 e. The minimum atomic E-state index is -0.778. The molecule has 2 N–H and O–H groups in total. The number of rotatable bonds is 10. The van der Waals surface area contributed by atoms with Gasteiger partial charge < -0.3 is 10.2 Å². The number of unbranched alkanes of at least 4 members (excludes halogenated alkanes) is 1. The van der Waals surface area contributed by atoms with E-state index in [-0.39, 0.29) is 17.3 Å². The first-order valence-corrected chi connectivity index (χ1v) is 7.53. The fraction of sp³-hybridized carbons (Fsp3) is 0.875. The topological polar surface area (TPSA) is 74.6 Å². The molecule has 0 aromatic rings. The van der Waals surface area contributed by atoms with E-state index < -0.39 is 11.9 Å². The van der Waals surface area contributed by atoms with Crippen LogP contribution in [0, 0.1) is 23.2 Å². The van der Waals surface area contributed by atoms with Crippen LogP contribution in [0.2, 0.25) is 0 Å². The van der Waals surface area contributed by atoms with Crippen molar-refractivity contribution < 1.29 is 19.8 Å². The SMILES string of the molecule is CC(C)CC(C)(C)C(CCCCC(C)C(=O)O)C(=O)O. The molecular formula is C16H30O4.